The minimum atomic E-state index is -1.09. The standard InChI is InChI=1S/C20H25NO8S/c1-11(22)21-17-19(28-14(4)25)18(27-13(3)24)16(10-26-12(2)23)29-20(17)30-15-8-6-5-7-9-15/h5-9,16-20H,10H2,1-4H3,(H,21,22)/t16-,17+,18+,19+,20+/m0/s1. The molecule has 1 aliphatic rings. The lowest BCUT2D eigenvalue weighted by molar-refractivity contribution is -0.211. The molecule has 1 N–H and O–H groups in total. The average Bonchev–Trinajstić information content (AvgIpc) is 2.64. The van der Waals surface area contributed by atoms with Crippen LogP contribution in [0.5, 0.6) is 0 Å². The van der Waals surface area contributed by atoms with Crippen LogP contribution in [-0.4, -0.2) is 60.2 Å². The highest BCUT2D eigenvalue weighted by molar-refractivity contribution is 7.99. The number of thioether (sulfide) groups is 1. The van der Waals surface area contributed by atoms with E-state index >= 15 is 0 Å². The van der Waals surface area contributed by atoms with Gasteiger partial charge in [0.05, 0.1) is 0 Å². The topological polar surface area (TPSA) is 117 Å². The number of hydrogen-bond donors (Lipinski definition) is 1. The largest absolute Gasteiger partial charge is 0.463 e. The summed E-state index contributed by atoms with van der Waals surface area (Å²) in [5, 5.41) is 2.74. The molecule has 1 fully saturated rings. The zero-order valence-electron chi connectivity index (χ0n) is 17.2. The van der Waals surface area contributed by atoms with Crippen molar-refractivity contribution < 1.29 is 38.1 Å². The van der Waals surface area contributed by atoms with E-state index in [0.29, 0.717) is 0 Å². The minimum absolute atomic E-state index is 0.219. The maximum absolute atomic E-state index is 11.9. The van der Waals surface area contributed by atoms with Crippen molar-refractivity contribution in [3.63, 3.8) is 0 Å². The van der Waals surface area contributed by atoms with Gasteiger partial charge in [-0.15, -0.1) is 0 Å². The molecule has 0 bridgehead atoms. The summed E-state index contributed by atoms with van der Waals surface area (Å²) < 4.78 is 22.0. The summed E-state index contributed by atoms with van der Waals surface area (Å²) in [6.07, 6.45) is -3.05. The van der Waals surface area contributed by atoms with Crippen molar-refractivity contribution in [1.29, 1.82) is 0 Å². The van der Waals surface area contributed by atoms with Crippen molar-refractivity contribution in [1.82, 2.24) is 5.32 Å². The number of amides is 1. The van der Waals surface area contributed by atoms with Crippen LogP contribution in [0.3, 0.4) is 0 Å². The smallest absolute Gasteiger partial charge is 0.303 e. The average molecular weight is 439 g/mol. The molecule has 1 amide bonds. The summed E-state index contributed by atoms with van der Waals surface area (Å²) in [6, 6.07) is 8.45. The Morgan fingerprint density at radius 3 is 2.07 bits per heavy atom. The normalized spacial score (nSPS) is 25.7. The summed E-state index contributed by atoms with van der Waals surface area (Å²) in [4.78, 5) is 47.6. The number of nitrogens with one attached hydrogen (secondary N) is 1. The van der Waals surface area contributed by atoms with Gasteiger partial charge in [0, 0.05) is 32.6 Å². The molecule has 0 aliphatic carbocycles. The molecule has 0 radical (unpaired) electrons. The zero-order valence-corrected chi connectivity index (χ0v) is 18.0. The predicted molar refractivity (Wildman–Crippen MR) is 106 cm³/mol. The molecular formula is C20H25NO8S. The summed E-state index contributed by atoms with van der Waals surface area (Å²) in [6.45, 7) is 4.76. The van der Waals surface area contributed by atoms with Gasteiger partial charge in [-0.25, -0.2) is 0 Å². The first-order chi connectivity index (χ1) is 14.2. The second-order valence-electron chi connectivity index (χ2n) is 6.65. The van der Waals surface area contributed by atoms with Crippen LogP contribution < -0.4 is 5.32 Å². The van der Waals surface area contributed by atoms with Gasteiger partial charge in [0.2, 0.25) is 5.91 Å². The second-order valence-corrected chi connectivity index (χ2v) is 7.82. The molecule has 1 aliphatic heterocycles. The van der Waals surface area contributed by atoms with Crippen LogP contribution >= 0.6 is 11.8 Å². The van der Waals surface area contributed by atoms with E-state index in [1.54, 1.807) is 0 Å². The van der Waals surface area contributed by atoms with Crippen LogP contribution in [0, 0.1) is 0 Å². The van der Waals surface area contributed by atoms with E-state index in [-0.39, 0.29) is 12.5 Å². The van der Waals surface area contributed by atoms with E-state index in [1.165, 1.54) is 39.5 Å². The fourth-order valence-electron chi connectivity index (χ4n) is 3.02. The van der Waals surface area contributed by atoms with Gasteiger partial charge < -0.3 is 24.3 Å². The van der Waals surface area contributed by atoms with Gasteiger partial charge in [0.15, 0.2) is 12.2 Å². The third kappa shape index (κ3) is 7.03. The van der Waals surface area contributed by atoms with Gasteiger partial charge in [-0.1, -0.05) is 30.0 Å². The Balaban J connectivity index is 2.42. The summed E-state index contributed by atoms with van der Waals surface area (Å²) in [5.74, 6) is -2.17. The molecule has 1 aromatic carbocycles. The van der Waals surface area contributed by atoms with Crippen molar-refractivity contribution in [2.75, 3.05) is 6.61 Å². The Morgan fingerprint density at radius 1 is 0.933 bits per heavy atom. The second kappa shape index (κ2) is 11.0. The minimum Gasteiger partial charge on any atom is -0.463 e. The quantitative estimate of drug-likeness (QED) is 0.497. The number of rotatable bonds is 7. The highest BCUT2D eigenvalue weighted by Crippen LogP contribution is 2.36. The van der Waals surface area contributed by atoms with Gasteiger partial charge in [-0.3, -0.25) is 19.2 Å². The van der Waals surface area contributed by atoms with E-state index in [9.17, 15) is 19.2 Å². The number of benzene rings is 1. The zero-order chi connectivity index (χ0) is 22.3. The van der Waals surface area contributed by atoms with Crippen molar-refractivity contribution in [2.24, 2.45) is 0 Å². The Hall–Kier alpha value is -2.59. The first-order valence-electron chi connectivity index (χ1n) is 9.29. The van der Waals surface area contributed by atoms with Crippen LogP contribution in [0.4, 0.5) is 0 Å². The predicted octanol–water partition coefficient (Wildman–Crippen LogP) is 1.43. The molecule has 0 spiro atoms. The van der Waals surface area contributed by atoms with Crippen LogP contribution in [0.2, 0.25) is 0 Å². The molecule has 164 valence electrons. The number of carbonyl (C=O) groups is 4. The molecule has 0 saturated carbocycles. The first kappa shape index (κ1) is 23.7. The van der Waals surface area contributed by atoms with Crippen LogP contribution in [-0.2, 0) is 38.1 Å². The highest BCUT2D eigenvalue weighted by atomic mass is 32.2. The molecule has 5 atom stereocenters. The lowest BCUT2D eigenvalue weighted by Gasteiger charge is -2.45. The van der Waals surface area contributed by atoms with Gasteiger partial charge >= 0.3 is 17.9 Å². The number of esters is 3. The van der Waals surface area contributed by atoms with Crippen molar-refractivity contribution in [3.8, 4) is 0 Å². The molecule has 0 aromatic heterocycles. The molecule has 10 heteroatoms. The van der Waals surface area contributed by atoms with E-state index in [1.807, 2.05) is 30.3 Å². The SMILES string of the molecule is CC(=O)N[C@@H]1[C@@H](OC(C)=O)[C@H](OC(C)=O)[C@H](COC(C)=O)O[C@@H]1Sc1ccccc1. The third-order valence-corrected chi connectivity index (χ3v) is 5.25. The molecule has 1 heterocycles. The summed E-state index contributed by atoms with van der Waals surface area (Å²) >= 11 is 1.30. The number of ether oxygens (including phenoxy) is 4. The maximum Gasteiger partial charge on any atom is 0.303 e. The first-order valence-corrected chi connectivity index (χ1v) is 10.2. The lowest BCUT2D eigenvalue weighted by atomic mass is 9.97. The molecule has 0 unspecified atom stereocenters. The summed E-state index contributed by atoms with van der Waals surface area (Å²) in [5.41, 5.74) is -0.715. The lowest BCUT2D eigenvalue weighted by Crippen LogP contribution is -2.65. The Morgan fingerprint density at radius 2 is 1.53 bits per heavy atom. The molecule has 2 rings (SSSR count). The van der Waals surface area contributed by atoms with Crippen molar-refractivity contribution in [3.05, 3.63) is 30.3 Å². The number of hydrogen-bond acceptors (Lipinski definition) is 9. The fourth-order valence-corrected chi connectivity index (χ4v) is 4.17. The molecule has 30 heavy (non-hydrogen) atoms. The highest BCUT2D eigenvalue weighted by Gasteiger charge is 2.51. The maximum atomic E-state index is 11.9. The van der Waals surface area contributed by atoms with Crippen LogP contribution in [0.1, 0.15) is 27.7 Å². The van der Waals surface area contributed by atoms with Crippen molar-refractivity contribution >= 4 is 35.6 Å². The van der Waals surface area contributed by atoms with E-state index in [4.69, 9.17) is 18.9 Å². The fraction of sp³-hybridized carbons (Fsp3) is 0.500. The van der Waals surface area contributed by atoms with Crippen LogP contribution in [0.25, 0.3) is 0 Å². The van der Waals surface area contributed by atoms with Crippen molar-refractivity contribution in [2.45, 2.75) is 62.4 Å². The number of carbonyl (C=O) groups excluding carboxylic acids is 4. The Labute approximate surface area is 178 Å². The Bertz CT molecular complexity index is 771. The Kier molecular flexibility index (Phi) is 8.67. The molecular weight excluding hydrogens is 414 g/mol. The monoisotopic (exact) mass is 439 g/mol. The van der Waals surface area contributed by atoms with Gasteiger partial charge in [-0.2, -0.15) is 0 Å². The molecule has 1 aromatic rings. The van der Waals surface area contributed by atoms with Gasteiger partial charge in [0.1, 0.15) is 24.2 Å². The van der Waals surface area contributed by atoms with E-state index in [0.717, 1.165) is 4.90 Å². The van der Waals surface area contributed by atoms with E-state index < -0.39 is 47.7 Å². The van der Waals surface area contributed by atoms with Crippen LogP contribution in [0.15, 0.2) is 35.2 Å². The van der Waals surface area contributed by atoms with Gasteiger partial charge in [0.25, 0.3) is 0 Å². The summed E-state index contributed by atoms with van der Waals surface area (Å²) in [7, 11) is 0. The van der Waals surface area contributed by atoms with Gasteiger partial charge in [-0.05, 0) is 12.1 Å². The molecule has 1 saturated heterocycles. The third-order valence-electron chi connectivity index (χ3n) is 4.07. The molecule has 9 nitrogen and oxygen atoms in total. The van der Waals surface area contributed by atoms with E-state index in [2.05, 4.69) is 5.32 Å².